The topological polar surface area (TPSA) is 97.8 Å². The normalized spacial score (nSPS) is 17.3. The molecule has 2 unspecified atom stereocenters. The van der Waals surface area contributed by atoms with Crippen LogP contribution in [0.4, 0.5) is 0 Å². The first-order chi connectivity index (χ1) is 15.0. The predicted molar refractivity (Wildman–Crippen MR) is 120 cm³/mol. The van der Waals surface area contributed by atoms with E-state index >= 15 is 0 Å². The Kier molecular flexibility index (Phi) is 6.29. The van der Waals surface area contributed by atoms with Crippen molar-refractivity contribution in [1.82, 2.24) is 40.2 Å². The smallest absolute Gasteiger partial charge is 0.192 e. The Morgan fingerprint density at radius 2 is 2.06 bits per heavy atom. The molecule has 31 heavy (non-hydrogen) atoms. The van der Waals surface area contributed by atoms with Gasteiger partial charge in [0.15, 0.2) is 17.6 Å². The van der Waals surface area contributed by atoms with E-state index in [2.05, 4.69) is 69.0 Å². The van der Waals surface area contributed by atoms with E-state index in [-0.39, 0.29) is 12.1 Å². The van der Waals surface area contributed by atoms with Gasteiger partial charge in [-0.1, -0.05) is 37.3 Å². The number of hydrogen-bond acceptors (Lipinski definition) is 5. The van der Waals surface area contributed by atoms with E-state index in [9.17, 15) is 0 Å². The van der Waals surface area contributed by atoms with Crippen molar-refractivity contribution in [2.45, 2.75) is 65.2 Å². The fraction of sp³-hybridized carbons (Fsp3) is 0.500. The Balaban J connectivity index is 1.50. The van der Waals surface area contributed by atoms with Crippen LogP contribution in [-0.4, -0.2) is 41.5 Å². The van der Waals surface area contributed by atoms with Gasteiger partial charge in [-0.25, -0.2) is 14.7 Å². The minimum absolute atomic E-state index is 0.117. The summed E-state index contributed by atoms with van der Waals surface area (Å²) in [5.74, 6) is 4.47. The Morgan fingerprint density at radius 3 is 2.77 bits per heavy atom. The summed E-state index contributed by atoms with van der Waals surface area (Å²) in [7, 11) is 1.96. The third kappa shape index (κ3) is 4.92. The summed E-state index contributed by atoms with van der Waals surface area (Å²) in [6.07, 6.45) is 2.76. The molecule has 2 atom stereocenters. The number of aryl methyl sites for hydroxylation is 3. The van der Waals surface area contributed by atoms with Crippen LogP contribution in [0.15, 0.2) is 35.3 Å². The summed E-state index contributed by atoms with van der Waals surface area (Å²) in [6, 6.07) is 10.7. The number of fused-ring (bicyclic) bond motifs is 1. The van der Waals surface area contributed by atoms with E-state index in [4.69, 9.17) is 4.99 Å². The number of guanidine groups is 1. The van der Waals surface area contributed by atoms with E-state index < -0.39 is 0 Å². The third-order valence-electron chi connectivity index (χ3n) is 5.77. The van der Waals surface area contributed by atoms with E-state index in [1.54, 1.807) is 0 Å². The maximum atomic E-state index is 4.83. The van der Waals surface area contributed by atoms with Crippen LogP contribution >= 0.6 is 0 Å². The molecule has 0 saturated heterocycles. The van der Waals surface area contributed by atoms with Crippen LogP contribution in [-0.2, 0) is 33.0 Å². The quantitative estimate of drug-likeness (QED) is 0.467. The van der Waals surface area contributed by atoms with Crippen molar-refractivity contribution in [2.24, 2.45) is 12.0 Å². The highest BCUT2D eigenvalue weighted by Gasteiger charge is 2.23. The summed E-state index contributed by atoms with van der Waals surface area (Å²) in [5, 5.41) is 20.2. The molecule has 1 aromatic carbocycles. The van der Waals surface area contributed by atoms with E-state index in [0.717, 1.165) is 55.1 Å². The molecule has 9 nitrogen and oxygen atoms in total. The Hall–Kier alpha value is -3.23. The lowest BCUT2D eigenvalue weighted by Gasteiger charge is -2.27. The minimum Gasteiger partial charge on any atom is -0.352 e. The zero-order valence-electron chi connectivity index (χ0n) is 18.7. The Labute approximate surface area is 183 Å². The zero-order valence-corrected chi connectivity index (χ0v) is 18.7. The molecule has 0 aliphatic carbocycles. The number of nitrogens with one attached hydrogen (secondary N) is 2. The summed E-state index contributed by atoms with van der Waals surface area (Å²) in [5.41, 5.74) is 1.21. The van der Waals surface area contributed by atoms with Crippen LogP contribution in [0, 0.1) is 6.92 Å². The number of aromatic nitrogens is 6. The molecule has 3 aromatic rings. The lowest BCUT2D eigenvalue weighted by molar-refractivity contribution is 0.390. The standard InChI is InChI=1S/C22H31N9/c1-5-19-26-20-12-11-18(14-31(20)29-19)25-22(23-13-21-28-27-16(3)30(21)4)24-15(2)17-9-7-6-8-10-17/h6-10,15,18H,5,11-14H2,1-4H3,(H2,23,24,25). The molecule has 0 fully saturated rings. The second-order valence-corrected chi connectivity index (χ2v) is 8.02. The lowest BCUT2D eigenvalue weighted by atomic mass is 10.1. The zero-order chi connectivity index (χ0) is 21.8. The average molecular weight is 422 g/mol. The molecule has 1 aliphatic rings. The number of nitrogens with zero attached hydrogens (tertiary/aromatic N) is 7. The van der Waals surface area contributed by atoms with Crippen LogP contribution in [0.5, 0.6) is 0 Å². The monoisotopic (exact) mass is 421 g/mol. The first kappa shape index (κ1) is 21.0. The van der Waals surface area contributed by atoms with Crippen LogP contribution < -0.4 is 10.6 Å². The molecule has 3 heterocycles. The van der Waals surface area contributed by atoms with Gasteiger partial charge in [0.1, 0.15) is 18.2 Å². The third-order valence-corrected chi connectivity index (χ3v) is 5.77. The average Bonchev–Trinajstić information content (AvgIpc) is 3.35. The molecule has 0 spiro atoms. The molecule has 0 bridgehead atoms. The number of benzene rings is 1. The summed E-state index contributed by atoms with van der Waals surface area (Å²) in [4.78, 5) is 9.45. The van der Waals surface area contributed by atoms with Crippen LogP contribution in [0.25, 0.3) is 0 Å². The van der Waals surface area contributed by atoms with Gasteiger partial charge in [0.05, 0.1) is 12.6 Å². The fourth-order valence-electron chi connectivity index (χ4n) is 3.72. The summed E-state index contributed by atoms with van der Waals surface area (Å²) >= 11 is 0. The largest absolute Gasteiger partial charge is 0.352 e. The molecule has 2 N–H and O–H groups in total. The second kappa shape index (κ2) is 9.28. The number of rotatable bonds is 6. The van der Waals surface area contributed by atoms with Gasteiger partial charge in [0.2, 0.25) is 0 Å². The Bertz CT molecular complexity index is 1030. The molecule has 164 valence electrons. The maximum Gasteiger partial charge on any atom is 0.192 e. The molecule has 9 heteroatoms. The fourth-order valence-corrected chi connectivity index (χ4v) is 3.72. The summed E-state index contributed by atoms with van der Waals surface area (Å²) in [6.45, 7) is 7.41. The van der Waals surface area contributed by atoms with Gasteiger partial charge in [0, 0.05) is 25.9 Å². The lowest BCUT2D eigenvalue weighted by Crippen LogP contribution is -2.47. The van der Waals surface area contributed by atoms with Gasteiger partial charge < -0.3 is 15.2 Å². The van der Waals surface area contributed by atoms with Gasteiger partial charge in [-0.2, -0.15) is 5.10 Å². The van der Waals surface area contributed by atoms with Crippen molar-refractivity contribution >= 4 is 5.96 Å². The second-order valence-electron chi connectivity index (χ2n) is 8.02. The molecular weight excluding hydrogens is 390 g/mol. The van der Waals surface area contributed by atoms with Gasteiger partial charge in [-0.3, -0.25) is 0 Å². The van der Waals surface area contributed by atoms with Gasteiger partial charge in [-0.15, -0.1) is 10.2 Å². The van der Waals surface area contributed by atoms with Crippen molar-refractivity contribution in [3.05, 3.63) is 59.2 Å². The first-order valence-corrected chi connectivity index (χ1v) is 10.9. The minimum atomic E-state index is 0.117. The highest BCUT2D eigenvalue weighted by atomic mass is 15.4. The highest BCUT2D eigenvalue weighted by molar-refractivity contribution is 5.80. The number of hydrogen-bond donors (Lipinski definition) is 2. The van der Waals surface area contributed by atoms with E-state index in [0.29, 0.717) is 6.54 Å². The van der Waals surface area contributed by atoms with Crippen molar-refractivity contribution < 1.29 is 0 Å². The van der Waals surface area contributed by atoms with E-state index in [1.807, 2.05) is 29.3 Å². The van der Waals surface area contributed by atoms with Gasteiger partial charge >= 0.3 is 0 Å². The SMILES string of the molecule is CCc1nc2n(n1)CC(NC(=NCc1nnc(C)n1C)NC(C)c1ccccc1)CC2. The molecule has 0 saturated carbocycles. The molecule has 1 aliphatic heterocycles. The van der Waals surface area contributed by atoms with Gasteiger partial charge in [0.25, 0.3) is 0 Å². The highest BCUT2D eigenvalue weighted by Crippen LogP contribution is 2.15. The van der Waals surface area contributed by atoms with E-state index in [1.165, 1.54) is 5.56 Å². The Morgan fingerprint density at radius 1 is 1.26 bits per heavy atom. The first-order valence-electron chi connectivity index (χ1n) is 10.9. The molecule has 2 aromatic heterocycles. The van der Waals surface area contributed by atoms with Crippen LogP contribution in [0.3, 0.4) is 0 Å². The molecule has 4 rings (SSSR count). The molecule has 0 radical (unpaired) electrons. The number of aliphatic imine (C=N–C) groups is 1. The van der Waals surface area contributed by atoms with Crippen molar-refractivity contribution in [1.29, 1.82) is 0 Å². The maximum absolute atomic E-state index is 4.83. The molecular formula is C22H31N9. The van der Waals surface area contributed by atoms with Crippen molar-refractivity contribution in [3.63, 3.8) is 0 Å². The van der Waals surface area contributed by atoms with Crippen molar-refractivity contribution in [2.75, 3.05) is 0 Å². The van der Waals surface area contributed by atoms with Gasteiger partial charge in [-0.05, 0) is 25.8 Å². The van der Waals surface area contributed by atoms with Crippen LogP contribution in [0.1, 0.15) is 55.2 Å². The summed E-state index contributed by atoms with van der Waals surface area (Å²) < 4.78 is 4.00. The molecule has 0 amide bonds. The van der Waals surface area contributed by atoms with Crippen molar-refractivity contribution in [3.8, 4) is 0 Å². The predicted octanol–water partition coefficient (Wildman–Crippen LogP) is 2.09. The van der Waals surface area contributed by atoms with Crippen LogP contribution in [0.2, 0.25) is 0 Å².